The van der Waals surface area contributed by atoms with Crippen molar-refractivity contribution in [1.29, 1.82) is 0 Å². The summed E-state index contributed by atoms with van der Waals surface area (Å²) in [5.74, 6) is 3.34. The van der Waals surface area contributed by atoms with Crippen LogP contribution in [0.2, 0.25) is 0 Å². The number of rotatable bonds is 4. The predicted molar refractivity (Wildman–Crippen MR) is 120 cm³/mol. The van der Waals surface area contributed by atoms with Gasteiger partial charge in [0.25, 0.3) is 0 Å². The summed E-state index contributed by atoms with van der Waals surface area (Å²) in [5, 5.41) is 16.2. The van der Waals surface area contributed by atoms with Gasteiger partial charge in [-0.05, 0) is 34.1 Å². The minimum atomic E-state index is 0.109. The number of benzene rings is 1. The Hall–Kier alpha value is -3.55. The number of fused-ring (bicyclic) bond motifs is 3. The number of nitrogens with zero attached hydrogens (tertiary/aromatic N) is 7. The maximum atomic E-state index is 5.06. The monoisotopic (exact) mass is 414 g/mol. The minimum Gasteiger partial charge on any atom is -0.342 e. The first kappa shape index (κ1) is 19.4. The number of aromatic amines is 1. The van der Waals surface area contributed by atoms with Gasteiger partial charge in [0.15, 0.2) is 17.5 Å². The van der Waals surface area contributed by atoms with Crippen LogP contribution < -0.4 is 4.90 Å². The van der Waals surface area contributed by atoms with Crippen molar-refractivity contribution >= 4 is 5.82 Å². The van der Waals surface area contributed by atoms with Gasteiger partial charge in [0.2, 0.25) is 0 Å². The molecule has 0 saturated heterocycles. The fourth-order valence-corrected chi connectivity index (χ4v) is 4.39. The molecule has 0 aliphatic carbocycles. The Bertz CT molecular complexity index is 1230. The molecular weight excluding hydrogens is 388 g/mol. The van der Waals surface area contributed by atoms with Crippen molar-refractivity contribution in [3.05, 3.63) is 53.9 Å². The van der Waals surface area contributed by atoms with E-state index in [0.29, 0.717) is 5.82 Å². The largest absolute Gasteiger partial charge is 0.342 e. The molecule has 5 rings (SSSR count). The van der Waals surface area contributed by atoms with Gasteiger partial charge in [-0.3, -0.25) is 9.67 Å². The SMILES string of the molecule is CC[C@@H]1c2nnc(C)n2-c2cnc(-c3cn[nH]c3-c3ccc(C)cc3)nc2N1C(C)C. The molecule has 0 saturated carbocycles. The number of H-pyrrole nitrogens is 1. The first-order valence-electron chi connectivity index (χ1n) is 10.7. The lowest BCUT2D eigenvalue weighted by Gasteiger charge is -2.39. The third-order valence-corrected chi connectivity index (χ3v) is 5.88. The van der Waals surface area contributed by atoms with Crippen molar-refractivity contribution in [3.8, 4) is 28.3 Å². The second-order valence-corrected chi connectivity index (χ2v) is 8.29. The van der Waals surface area contributed by atoms with E-state index in [4.69, 9.17) is 9.97 Å². The van der Waals surface area contributed by atoms with Gasteiger partial charge < -0.3 is 4.90 Å². The average molecular weight is 415 g/mol. The van der Waals surface area contributed by atoms with Gasteiger partial charge in [-0.2, -0.15) is 5.10 Å². The third-order valence-electron chi connectivity index (χ3n) is 5.88. The van der Waals surface area contributed by atoms with E-state index in [9.17, 15) is 0 Å². The van der Waals surface area contributed by atoms with Crippen LogP contribution in [0.25, 0.3) is 28.3 Å². The summed E-state index contributed by atoms with van der Waals surface area (Å²) in [6.07, 6.45) is 4.59. The molecular formula is C23H26N8. The number of nitrogens with one attached hydrogen (secondary N) is 1. The molecule has 1 aromatic carbocycles. The number of anilines is 1. The molecule has 1 N–H and O–H groups in total. The maximum Gasteiger partial charge on any atom is 0.165 e. The molecule has 0 fully saturated rings. The summed E-state index contributed by atoms with van der Waals surface area (Å²) >= 11 is 0. The van der Waals surface area contributed by atoms with Crippen LogP contribution in [0.5, 0.6) is 0 Å². The summed E-state index contributed by atoms with van der Waals surface area (Å²) in [4.78, 5) is 12.1. The molecule has 31 heavy (non-hydrogen) atoms. The molecule has 4 aromatic rings. The second-order valence-electron chi connectivity index (χ2n) is 8.29. The summed E-state index contributed by atoms with van der Waals surface area (Å²) < 4.78 is 2.09. The van der Waals surface area contributed by atoms with Gasteiger partial charge in [0, 0.05) is 11.6 Å². The first-order valence-corrected chi connectivity index (χ1v) is 10.7. The minimum absolute atomic E-state index is 0.109. The van der Waals surface area contributed by atoms with Crippen LogP contribution >= 0.6 is 0 Å². The van der Waals surface area contributed by atoms with Gasteiger partial charge in [-0.25, -0.2) is 9.97 Å². The molecule has 0 unspecified atom stereocenters. The highest BCUT2D eigenvalue weighted by atomic mass is 15.4. The first-order chi connectivity index (χ1) is 15.0. The molecule has 0 bridgehead atoms. The van der Waals surface area contributed by atoms with Crippen molar-refractivity contribution in [2.24, 2.45) is 0 Å². The molecule has 0 radical (unpaired) electrons. The molecule has 8 heteroatoms. The fourth-order valence-electron chi connectivity index (χ4n) is 4.39. The molecule has 8 nitrogen and oxygen atoms in total. The van der Waals surface area contributed by atoms with E-state index in [2.05, 4.69) is 81.8 Å². The molecule has 0 spiro atoms. The van der Waals surface area contributed by atoms with Gasteiger partial charge in [-0.15, -0.1) is 10.2 Å². The van der Waals surface area contributed by atoms with E-state index in [1.165, 1.54) is 5.56 Å². The molecule has 4 heterocycles. The molecule has 158 valence electrons. The summed E-state index contributed by atoms with van der Waals surface area (Å²) in [6.45, 7) is 10.6. The van der Waals surface area contributed by atoms with Gasteiger partial charge in [0.05, 0.1) is 29.7 Å². The van der Waals surface area contributed by atoms with E-state index in [0.717, 1.165) is 46.4 Å². The molecule has 1 aliphatic heterocycles. The van der Waals surface area contributed by atoms with Crippen LogP contribution in [-0.2, 0) is 0 Å². The zero-order chi connectivity index (χ0) is 21.7. The lowest BCUT2D eigenvalue weighted by Crippen LogP contribution is -2.40. The zero-order valence-corrected chi connectivity index (χ0v) is 18.5. The zero-order valence-electron chi connectivity index (χ0n) is 18.5. The highest BCUT2D eigenvalue weighted by molar-refractivity contribution is 5.78. The lowest BCUT2D eigenvalue weighted by atomic mass is 10.1. The van der Waals surface area contributed by atoms with E-state index in [1.54, 1.807) is 6.20 Å². The quantitative estimate of drug-likeness (QED) is 0.532. The highest BCUT2D eigenvalue weighted by Gasteiger charge is 2.36. The Balaban J connectivity index is 1.68. The van der Waals surface area contributed by atoms with Crippen LogP contribution in [0.1, 0.15) is 50.4 Å². The van der Waals surface area contributed by atoms with E-state index in [-0.39, 0.29) is 12.1 Å². The van der Waals surface area contributed by atoms with Crippen LogP contribution in [0, 0.1) is 13.8 Å². The van der Waals surface area contributed by atoms with Crippen LogP contribution in [0.15, 0.2) is 36.7 Å². The summed E-state index contributed by atoms with van der Waals surface area (Å²) in [6, 6.07) is 8.72. The topological polar surface area (TPSA) is 88.4 Å². The van der Waals surface area contributed by atoms with Crippen molar-refractivity contribution < 1.29 is 0 Å². The van der Waals surface area contributed by atoms with E-state index >= 15 is 0 Å². The summed E-state index contributed by atoms with van der Waals surface area (Å²) in [7, 11) is 0. The third kappa shape index (κ3) is 3.01. The molecule has 1 aliphatic rings. The van der Waals surface area contributed by atoms with Crippen LogP contribution in [0.3, 0.4) is 0 Å². The lowest BCUT2D eigenvalue weighted by molar-refractivity contribution is 0.496. The average Bonchev–Trinajstić information content (AvgIpc) is 3.40. The van der Waals surface area contributed by atoms with Crippen LogP contribution in [-0.4, -0.2) is 41.0 Å². The Labute approximate surface area is 181 Å². The highest BCUT2D eigenvalue weighted by Crippen LogP contribution is 2.41. The molecule has 0 amide bonds. The Morgan fingerprint density at radius 2 is 1.84 bits per heavy atom. The van der Waals surface area contributed by atoms with Crippen molar-refractivity contribution in [2.75, 3.05) is 4.90 Å². The second kappa shape index (κ2) is 7.30. The smallest absolute Gasteiger partial charge is 0.165 e. The standard InChI is InChI=1S/C23H26N8/c1-6-18-23-29-27-15(5)31(23)19-12-24-21(26-22(19)30(18)13(2)3)17-11-25-28-20(17)16-9-7-14(4)8-10-16/h7-13,18H,6H2,1-5H3,(H,25,28)/t18-/m1/s1. The van der Waals surface area contributed by atoms with Crippen molar-refractivity contribution in [3.63, 3.8) is 0 Å². The Kier molecular flexibility index (Phi) is 4.57. The number of aromatic nitrogens is 7. The Morgan fingerprint density at radius 1 is 1.06 bits per heavy atom. The molecule has 1 atom stereocenters. The number of aryl methyl sites for hydroxylation is 2. The maximum absolute atomic E-state index is 5.06. The Morgan fingerprint density at radius 3 is 2.55 bits per heavy atom. The van der Waals surface area contributed by atoms with Gasteiger partial charge in [-0.1, -0.05) is 36.8 Å². The fraction of sp³-hybridized carbons (Fsp3) is 0.348. The van der Waals surface area contributed by atoms with E-state index < -0.39 is 0 Å². The predicted octanol–water partition coefficient (Wildman–Crippen LogP) is 4.41. The van der Waals surface area contributed by atoms with E-state index in [1.807, 2.05) is 13.1 Å². The number of hydrogen-bond acceptors (Lipinski definition) is 6. The number of hydrogen-bond donors (Lipinski definition) is 1. The molecule has 3 aromatic heterocycles. The van der Waals surface area contributed by atoms with Crippen molar-refractivity contribution in [2.45, 2.75) is 53.1 Å². The summed E-state index contributed by atoms with van der Waals surface area (Å²) in [5.41, 5.74) is 4.99. The van der Waals surface area contributed by atoms with Crippen molar-refractivity contribution in [1.82, 2.24) is 34.9 Å². The normalized spacial score (nSPS) is 15.3. The van der Waals surface area contributed by atoms with Gasteiger partial charge in [0.1, 0.15) is 11.5 Å². The van der Waals surface area contributed by atoms with Gasteiger partial charge >= 0.3 is 0 Å². The van der Waals surface area contributed by atoms with Crippen LogP contribution in [0.4, 0.5) is 5.82 Å².